The first kappa shape index (κ1) is 20.6. The number of benzene rings is 2. The van der Waals surface area contributed by atoms with E-state index in [-0.39, 0.29) is 6.61 Å². The van der Waals surface area contributed by atoms with E-state index in [0.717, 1.165) is 23.4 Å². The molecule has 0 spiro atoms. The summed E-state index contributed by atoms with van der Waals surface area (Å²) in [5, 5.41) is 10.5. The fraction of sp³-hybridized carbons (Fsp3) is 0.261. The summed E-state index contributed by atoms with van der Waals surface area (Å²) in [6.45, 7) is 1.69. The van der Waals surface area contributed by atoms with Crippen molar-refractivity contribution in [1.29, 1.82) is 0 Å². The van der Waals surface area contributed by atoms with E-state index in [1.165, 1.54) is 0 Å². The zero-order valence-corrected chi connectivity index (χ0v) is 16.4. The highest BCUT2D eigenvalue weighted by molar-refractivity contribution is 5.75. The third-order valence-corrected chi connectivity index (χ3v) is 4.41. The Morgan fingerprint density at radius 1 is 1.07 bits per heavy atom. The van der Waals surface area contributed by atoms with Crippen LogP contribution in [0.15, 0.2) is 71.3 Å². The Balaban J connectivity index is 1.62. The van der Waals surface area contributed by atoms with Crippen LogP contribution in [0.4, 0.5) is 0 Å². The molecular weight excluding hydrogens is 370 g/mol. The van der Waals surface area contributed by atoms with Gasteiger partial charge >= 0.3 is 0 Å². The molecule has 3 aromatic rings. The van der Waals surface area contributed by atoms with E-state index < -0.39 is 6.10 Å². The summed E-state index contributed by atoms with van der Waals surface area (Å²) < 4.78 is 16.4. The first-order valence-corrected chi connectivity index (χ1v) is 9.40. The van der Waals surface area contributed by atoms with E-state index in [9.17, 15) is 9.90 Å². The lowest BCUT2D eigenvalue weighted by atomic mass is 10.2. The van der Waals surface area contributed by atoms with Crippen LogP contribution in [-0.4, -0.2) is 42.7 Å². The molecule has 1 heterocycles. The Morgan fingerprint density at radius 2 is 1.90 bits per heavy atom. The third-order valence-electron chi connectivity index (χ3n) is 4.41. The molecule has 152 valence electrons. The molecule has 0 saturated heterocycles. The van der Waals surface area contributed by atoms with Crippen molar-refractivity contribution < 1.29 is 23.8 Å². The van der Waals surface area contributed by atoms with Crippen LogP contribution in [0, 0.1) is 0 Å². The summed E-state index contributed by atoms with van der Waals surface area (Å²) in [5.74, 6) is 2.16. The van der Waals surface area contributed by atoms with Crippen molar-refractivity contribution in [3.8, 4) is 11.5 Å². The average molecular weight is 395 g/mol. The number of aliphatic hydroxyl groups is 1. The Labute approximate surface area is 170 Å². The first-order valence-electron chi connectivity index (χ1n) is 9.40. The SMILES string of the molecule is COc1cccc(CN(Cc2ccco2)CC(O)COc2cccc(C=O)c2)c1. The van der Waals surface area contributed by atoms with Crippen LogP contribution in [0.2, 0.25) is 0 Å². The van der Waals surface area contributed by atoms with E-state index in [0.29, 0.717) is 30.9 Å². The van der Waals surface area contributed by atoms with Crippen molar-refractivity contribution in [2.24, 2.45) is 0 Å². The first-order chi connectivity index (χ1) is 14.2. The second kappa shape index (κ2) is 10.5. The molecule has 0 fully saturated rings. The van der Waals surface area contributed by atoms with Crippen molar-refractivity contribution in [2.75, 3.05) is 20.3 Å². The van der Waals surface area contributed by atoms with E-state index in [4.69, 9.17) is 13.9 Å². The van der Waals surface area contributed by atoms with E-state index >= 15 is 0 Å². The highest BCUT2D eigenvalue weighted by Gasteiger charge is 2.15. The topological polar surface area (TPSA) is 72.1 Å². The van der Waals surface area contributed by atoms with Gasteiger partial charge in [0.2, 0.25) is 0 Å². The van der Waals surface area contributed by atoms with Crippen molar-refractivity contribution in [1.82, 2.24) is 4.90 Å². The van der Waals surface area contributed by atoms with Crippen LogP contribution in [0.25, 0.3) is 0 Å². The van der Waals surface area contributed by atoms with Gasteiger partial charge in [-0.15, -0.1) is 0 Å². The molecule has 1 unspecified atom stereocenters. The van der Waals surface area contributed by atoms with Crippen molar-refractivity contribution >= 4 is 6.29 Å². The number of rotatable bonds is 11. The summed E-state index contributed by atoms with van der Waals surface area (Å²) in [5.41, 5.74) is 1.61. The van der Waals surface area contributed by atoms with Crippen LogP contribution in [0.3, 0.4) is 0 Å². The lowest BCUT2D eigenvalue weighted by Gasteiger charge is -2.24. The van der Waals surface area contributed by atoms with Crippen LogP contribution in [-0.2, 0) is 13.1 Å². The summed E-state index contributed by atoms with van der Waals surface area (Å²) in [7, 11) is 1.64. The van der Waals surface area contributed by atoms with E-state index in [1.807, 2.05) is 36.4 Å². The van der Waals surface area contributed by atoms with Crippen molar-refractivity contribution in [3.63, 3.8) is 0 Å². The van der Waals surface area contributed by atoms with Gasteiger partial charge in [-0.1, -0.05) is 24.3 Å². The Hall–Kier alpha value is -3.09. The number of ether oxygens (including phenoxy) is 2. The monoisotopic (exact) mass is 395 g/mol. The second-order valence-electron chi connectivity index (χ2n) is 6.76. The number of furan rings is 1. The number of nitrogens with zero attached hydrogens (tertiary/aromatic N) is 1. The quantitative estimate of drug-likeness (QED) is 0.501. The molecule has 0 radical (unpaired) electrons. The van der Waals surface area contributed by atoms with Gasteiger partial charge in [-0.3, -0.25) is 9.69 Å². The third kappa shape index (κ3) is 6.48. The maximum absolute atomic E-state index is 10.9. The molecule has 0 bridgehead atoms. The van der Waals surface area contributed by atoms with E-state index in [2.05, 4.69) is 4.90 Å². The molecule has 0 amide bonds. The van der Waals surface area contributed by atoms with Gasteiger partial charge in [-0.25, -0.2) is 0 Å². The van der Waals surface area contributed by atoms with Gasteiger partial charge in [0.1, 0.15) is 36.3 Å². The molecule has 1 N–H and O–H groups in total. The number of aliphatic hydroxyl groups excluding tert-OH is 1. The Kier molecular flexibility index (Phi) is 7.44. The molecule has 1 aromatic heterocycles. The largest absolute Gasteiger partial charge is 0.497 e. The zero-order chi connectivity index (χ0) is 20.5. The number of hydrogen-bond donors (Lipinski definition) is 1. The van der Waals surface area contributed by atoms with Gasteiger partial charge in [-0.05, 0) is 42.0 Å². The smallest absolute Gasteiger partial charge is 0.150 e. The summed E-state index contributed by atoms with van der Waals surface area (Å²) in [6.07, 6.45) is 1.69. The van der Waals surface area contributed by atoms with Gasteiger partial charge in [-0.2, -0.15) is 0 Å². The van der Waals surface area contributed by atoms with Gasteiger partial charge < -0.3 is 19.0 Å². The van der Waals surface area contributed by atoms with Gasteiger partial charge in [0.15, 0.2) is 0 Å². The number of carbonyl (C=O) groups is 1. The van der Waals surface area contributed by atoms with Gasteiger partial charge in [0.25, 0.3) is 0 Å². The zero-order valence-electron chi connectivity index (χ0n) is 16.4. The van der Waals surface area contributed by atoms with Crippen LogP contribution >= 0.6 is 0 Å². The second-order valence-corrected chi connectivity index (χ2v) is 6.76. The predicted molar refractivity (Wildman–Crippen MR) is 109 cm³/mol. The summed E-state index contributed by atoms with van der Waals surface area (Å²) in [6, 6.07) is 18.5. The molecule has 29 heavy (non-hydrogen) atoms. The molecule has 3 rings (SSSR count). The highest BCUT2D eigenvalue weighted by atomic mass is 16.5. The maximum Gasteiger partial charge on any atom is 0.150 e. The fourth-order valence-electron chi connectivity index (χ4n) is 3.06. The number of hydrogen-bond acceptors (Lipinski definition) is 6. The predicted octanol–water partition coefficient (Wildman–Crippen LogP) is 3.54. The molecular formula is C23H25NO5. The molecule has 6 heteroatoms. The molecule has 2 aromatic carbocycles. The van der Waals surface area contributed by atoms with Gasteiger partial charge in [0, 0.05) is 18.7 Å². The molecule has 6 nitrogen and oxygen atoms in total. The number of methoxy groups -OCH3 is 1. The van der Waals surface area contributed by atoms with Crippen LogP contribution in [0.5, 0.6) is 11.5 Å². The molecule has 0 aliphatic rings. The summed E-state index contributed by atoms with van der Waals surface area (Å²) in [4.78, 5) is 13.0. The van der Waals surface area contributed by atoms with Crippen LogP contribution < -0.4 is 9.47 Å². The average Bonchev–Trinajstić information content (AvgIpc) is 3.25. The minimum absolute atomic E-state index is 0.120. The molecule has 0 aliphatic carbocycles. The molecule has 0 saturated carbocycles. The van der Waals surface area contributed by atoms with Gasteiger partial charge in [0.05, 0.1) is 19.9 Å². The maximum atomic E-state index is 10.9. The lowest BCUT2D eigenvalue weighted by Crippen LogP contribution is -2.35. The minimum Gasteiger partial charge on any atom is -0.497 e. The van der Waals surface area contributed by atoms with Crippen LogP contribution in [0.1, 0.15) is 21.7 Å². The number of aldehydes is 1. The highest BCUT2D eigenvalue weighted by Crippen LogP contribution is 2.17. The Morgan fingerprint density at radius 3 is 2.66 bits per heavy atom. The van der Waals surface area contributed by atoms with Crippen molar-refractivity contribution in [3.05, 3.63) is 83.8 Å². The summed E-state index contributed by atoms with van der Waals surface area (Å²) >= 11 is 0. The van der Waals surface area contributed by atoms with E-state index in [1.54, 1.807) is 37.6 Å². The fourth-order valence-corrected chi connectivity index (χ4v) is 3.06. The molecule has 1 atom stereocenters. The Bertz CT molecular complexity index is 894. The normalized spacial score (nSPS) is 12.0. The number of carbonyl (C=O) groups excluding carboxylic acids is 1. The lowest BCUT2D eigenvalue weighted by molar-refractivity contribution is 0.0604. The minimum atomic E-state index is -0.713. The van der Waals surface area contributed by atoms with Crippen molar-refractivity contribution in [2.45, 2.75) is 19.2 Å². The molecule has 0 aliphatic heterocycles. The standard InChI is InChI=1S/C23H25NO5/c1-27-21-7-2-5-18(11-21)13-24(15-23-9-4-10-28-23)14-20(26)17-29-22-8-3-6-19(12-22)16-25/h2-12,16,20,26H,13-15,17H2,1H3.